The van der Waals surface area contributed by atoms with Crippen LogP contribution in [-0.2, 0) is 14.8 Å². The molecular formula is C27H28F2N8O3S2. The molecule has 0 radical (unpaired) electrons. The lowest BCUT2D eigenvalue weighted by Crippen LogP contribution is -2.45. The lowest BCUT2D eigenvalue weighted by Gasteiger charge is -2.38. The fourth-order valence-corrected chi connectivity index (χ4v) is 7.78. The highest BCUT2D eigenvalue weighted by molar-refractivity contribution is 7.89. The molecule has 1 aliphatic carbocycles. The van der Waals surface area contributed by atoms with Crippen LogP contribution in [0.3, 0.4) is 0 Å². The number of nitriles is 1. The SMILES string of the molecule is CC(C)C(=O)N1CCC(c2ncnc3c2c2ccc(S(=O)(=O)NC4(C#N)CC4)cc2n3-c2nnc(C(F)F)s2)C[C@@H]1C. The molecular weight excluding hydrogens is 586 g/mol. The number of hydrogen-bond acceptors (Lipinski definition) is 9. The molecule has 1 N–H and O–H groups in total. The van der Waals surface area contributed by atoms with Gasteiger partial charge in [0, 0.05) is 35.2 Å². The summed E-state index contributed by atoms with van der Waals surface area (Å²) in [5, 5.41) is 18.0. The van der Waals surface area contributed by atoms with Crippen molar-refractivity contribution in [1.82, 2.24) is 34.4 Å². The van der Waals surface area contributed by atoms with Gasteiger partial charge in [0.25, 0.3) is 6.43 Å². The van der Waals surface area contributed by atoms with E-state index in [1.54, 1.807) is 6.07 Å². The largest absolute Gasteiger partial charge is 0.340 e. The molecule has 1 amide bonds. The predicted octanol–water partition coefficient (Wildman–Crippen LogP) is 4.45. The summed E-state index contributed by atoms with van der Waals surface area (Å²) in [6.45, 7) is 6.34. The van der Waals surface area contributed by atoms with Gasteiger partial charge in [0.05, 0.1) is 22.2 Å². The van der Waals surface area contributed by atoms with E-state index in [0.717, 1.165) is 5.69 Å². The number of hydrogen-bond donors (Lipinski definition) is 1. The number of benzene rings is 1. The monoisotopic (exact) mass is 614 g/mol. The highest BCUT2D eigenvalue weighted by atomic mass is 32.2. The van der Waals surface area contributed by atoms with Gasteiger partial charge in [-0.1, -0.05) is 31.3 Å². The molecule has 0 spiro atoms. The van der Waals surface area contributed by atoms with Gasteiger partial charge >= 0.3 is 0 Å². The summed E-state index contributed by atoms with van der Waals surface area (Å²) in [5.41, 5.74) is 0.390. The third kappa shape index (κ3) is 4.81. The van der Waals surface area contributed by atoms with Crippen molar-refractivity contribution in [1.29, 1.82) is 5.26 Å². The Hall–Kier alpha value is -3.61. The first-order valence-electron chi connectivity index (χ1n) is 13.6. The van der Waals surface area contributed by atoms with Gasteiger partial charge in [-0.3, -0.25) is 9.36 Å². The number of alkyl halides is 2. The average Bonchev–Trinajstić information content (AvgIpc) is 3.40. The molecule has 4 aromatic rings. The Morgan fingerprint density at radius 3 is 2.62 bits per heavy atom. The van der Waals surface area contributed by atoms with E-state index in [0.29, 0.717) is 65.5 Å². The van der Waals surface area contributed by atoms with Crippen LogP contribution in [0.1, 0.15) is 69.5 Å². The van der Waals surface area contributed by atoms with E-state index in [2.05, 4.69) is 24.9 Å². The van der Waals surface area contributed by atoms with Gasteiger partial charge < -0.3 is 4.90 Å². The van der Waals surface area contributed by atoms with Crippen LogP contribution in [0.5, 0.6) is 0 Å². The lowest BCUT2D eigenvalue weighted by atomic mass is 9.86. The summed E-state index contributed by atoms with van der Waals surface area (Å²) in [6.07, 6.45) is 0.759. The first-order valence-corrected chi connectivity index (χ1v) is 15.9. The minimum absolute atomic E-state index is 0.0218. The second kappa shape index (κ2) is 10.3. The zero-order chi connectivity index (χ0) is 30.0. The zero-order valence-electron chi connectivity index (χ0n) is 23.1. The Morgan fingerprint density at radius 1 is 1.24 bits per heavy atom. The van der Waals surface area contributed by atoms with Crippen molar-refractivity contribution in [2.45, 2.75) is 75.3 Å². The van der Waals surface area contributed by atoms with Crippen LogP contribution >= 0.6 is 11.3 Å². The number of sulfonamides is 1. The molecule has 11 nitrogen and oxygen atoms in total. The summed E-state index contributed by atoms with van der Waals surface area (Å²) in [7, 11) is -4.07. The maximum absolute atomic E-state index is 13.5. The average molecular weight is 615 g/mol. The molecule has 1 saturated heterocycles. The number of carbonyl (C=O) groups excluding carboxylic acids is 1. The molecule has 1 aliphatic heterocycles. The molecule has 2 aliphatic rings. The van der Waals surface area contributed by atoms with Crippen molar-refractivity contribution < 1.29 is 22.0 Å². The maximum Gasteiger partial charge on any atom is 0.291 e. The molecule has 3 aromatic heterocycles. The van der Waals surface area contributed by atoms with E-state index < -0.39 is 27.0 Å². The van der Waals surface area contributed by atoms with Crippen molar-refractivity contribution in [3.63, 3.8) is 0 Å². The van der Waals surface area contributed by atoms with Crippen molar-refractivity contribution in [2.75, 3.05) is 6.54 Å². The zero-order valence-corrected chi connectivity index (χ0v) is 24.7. The molecule has 6 rings (SSSR count). The normalized spacial score (nSPS) is 20.5. The van der Waals surface area contributed by atoms with E-state index >= 15 is 0 Å². The number of nitrogens with one attached hydrogen (secondary N) is 1. The number of amides is 1. The summed E-state index contributed by atoms with van der Waals surface area (Å²) in [4.78, 5) is 23.7. The lowest BCUT2D eigenvalue weighted by molar-refractivity contribution is -0.138. The minimum Gasteiger partial charge on any atom is -0.340 e. The standard InChI is InChI=1S/C27H28F2N8O3S2/c1-14(2)25(38)36-9-6-16(10-15(36)3)21-20-18-5-4-17(42(39,40)35-27(12-30)7-8-27)11-19(18)37(23(20)32-13-31-21)26-34-33-24(41-26)22(28)29/h4-5,11,13-16,22,35H,6-10H2,1-3H3/t15-,16?/m0/s1. The molecule has 0 bridgehead atoms. The number of nitrogens with zero attached hydrogens (tertiary/aromatic N) is 7. The highest BCUT2D eigenvalue weighted by Gasteiger charge is 2.47. The first kappa shape index (κ1) is 28.5. The number of halogens is 2. The molecule has 1 saturated carbocycles. The van der Waals surface area contributed by atoms with E-state index in [1.807, 2.05) is 31.7 Å². The third-order valence-corrected chi connectivity index (χ3v) is 10.4. The maximum atomic E-state index is 13.5. The van der Waals surface area contributed by atoms with Crippen molar-refractivity contribution in [2.24, 2.45) is 5.92 Å². The van der Waals surface area contributed by atoms with Gasteiger partial charge in [-0.25, -0.2) is 27.2 Å². The quantitative estimate of drug-likeness (QED) is 0.321. The van der Waals surface area contributed by atoms with E-state index in [4.69, 9.17) is 0 Å². The predicted molar refractivity (Wildman–Crippen MR) is 151 cm³/mol. The molecule has 1 unspecified atom stereocenters. The minimum atomic E-state index is -4.07. The number of piperidine rings is 1. The topological polar surface area (TPSA) is 147 Å². The molecule has 4 heterocycles. The number of likely N-dealkylation sites (tertiary alicyclic amines) is 1. The number of rotatable bonds is 7. The Balaban J connectivity index is 1.51. The Kier molecular flexibility index (Phi) is 6.98. The van der Waals surface area contributed by atoms with E-state index in [1.165, 1.54) is 23.0 Å². The second-order valence-electron chi connectivity index (χ2n) is 11.3. The van der Waals surface area contributed by atoms with Gasteiger partial charge in [0.15, 0.2) is 10.7 Å². The number of fused-ring (bicyclic) bond motifs is 3. The first-order chi connectivity index (χ1) is 19.9. The Morgan fingerprint density at radius 2 is 2.00 bits per heavy atom. The highest BCUT2D eigenvalue weighted by Crippen LogP contribution is 2.41. The van der Waals surface area contributed by atoms with Crippen LogP contribution in [0, 0.1) is 17.2 Å². The van der Waals surface area contributed by atoms with Crippen LogP contribution in [0.25, 0.3) is 27.1 Å². The summed E-state index contributed by atoms with van der Waals surface area (Å²) in [6, 6.07) is 6.54. The Labute approximate surface area is 244 Å². The van der Waals surface area contributed by atoms with Crippen molar-refractivity contribution >= 4 is 49.2 Å². The van der Waals surface area contributed by atoms with Gasteiger partial charge in [-0.2, -0.15) is 9.98 Å². The van der Waals surface area contributed by atoms with Crippen LogP contribution in [-0.4, -0.2) is 62.1 Å². The third-order valence-electron chi connectivity index (χ3n) is 8.00. The molecule has 2 atom stereocenters. The molecule has 42 heavy (non-hydrogen) atoms. The number of aromatic nitrogens is 5. The van der Waals surface area contributed by atoms with E-state index in [9.17, 15) is 27.3 Å². The van der Waals surface area contributed by atoms with Crippen LogP contribution < -0.4 is 4.72 Å². The summed E-state index contributed by atoms with van der Waals surface area (Å²) in [5.74, 6) is -0.0360. The van der Waals surface area contributed by atoms with Gasteiger partial charge in [-0.05, 0) is 44.7 Å². The van der Waals surface area contributed by atoms with E-state index in [-0.39, 0.29) is 33.8 Å². The molecule has 1 aromatic carbocycles. The van der Waals surface area contributed by atoms with Gasteiger partial charge in [0.2, 0.25) is 21.1 Å². The summed E-state index contributed by atoms with van der Waals surface area (Å²) >= 11 is 0.691. The van der Waals surface area contributed by atoms with Crippen molar-refractivity contribution in [3.05, 3.63) is 35.2 Å². The van der Waals surface area contributed by atoms with Gasteiger partial charge in [0.1, 0.15) is 11.9 Å². The molecule has 220 valence electrons. The Bertz CT molecular complexity index is 1860. The van der Waals surface area contributed by atoms with Crippen LogP contribution in [0.2, 0.25) is 0 Å². The fraction of sp³-hybridized carbons (Fsp3) is 0.481. The summed E-state index contributed by atoms with van der Waals surface area (Å²) < 4.78 is 57.5. The smallest absolute Gasteiger partial charge is 0.291 e. The van der Waals surface area contributed by atoms with Crippen LogP contribution in [0.15, 0.2) is 29.4 Å². The fourth-order valence-electron chi connectivity index (χ4n) is 5.67. The molecule has 15 heteroatoms. The van der Waals surface area contributed by atoms with Crippen LogP contribution in [0.4, 0.5) is 8.78 Å². The molecule has 2 fully saturated rings. The van der Waals surface area contributed by atoms with Crippen molar-refractivity contribution in [3.8, 4) is 11.2 Å². The number of carbonyl (C=O) groups is 1. The van der Waals surface area contributed by atoms with Gasteiger partial charge in [-0.15, -0.1) is 10.2 Å². The second-order valence-corrected chi connectivity index (χ2v) is 13.9.